The monoisotopic (exact) mass is 338 g/mol. The first-order valence-electron chi connectivity index (χ1n) is 7.92. The molecule has 6 heteroatoms. The standard InChI is InChI=1S/C14H18O4.C4H8O2/c1-9(2)13(16)17-7-14(8-18-14)11-5-4-10(3)6-12(11)15;1-3(2)4(5)6/h4-6,9,15H,7-8H2,1-3H3;3H,1-2H3,(H,5,6). The highest BCUT2D eigenvalue weighted by Gasteiger charge is 2.49. The number of carbonyl (C=O) groups excluding carboxylic acids is 1. The Balaban J connectivity index is 0.000000413. The van der Waals surface area contributed by atoms with Crippen molar-refractivity contribution in [1.82, 2.24) is 0 Å². The number of aliphatic carboxylic acids is 1. The maximum absolute atomic E-state index is 11.4. The molecule has 1 heterocycles. The van der Waals surface area contributed by atoms with E-state index in [1.807, 2.05) is 19.1 Å². The summed E-state index contributed by atoms with van der Waals surface area (Å²) in [5, 5.41) is 17.9. The van der Waals surface area contributed by atoms with E-state index in [-0.39, 0.29) is 30.2 Å². The lowest BCUT2D eigenvalue weighted by Crippen LogP contribution is -2.22. The minimum atomic E-state index is -0.741. The van der Waals surface area contributed by atoms with Crippen molar-refractivity contribution < 1.29 is 29.3 Å². The van der Waals surface area contributed by atoms with Crippen molar-refractivity contribution in [3.8, 4) is 5.75 Å². The van der Waals surface area contributed by atoms with Crippen molar-refractivity contribution >= 4 is 11.9 Å². The van der Waals surface area contributed by atoms with Crippen LogP contribution in [0, 0.1) is 18.8 Å². The van der Waals surface area contributed by atoms with E-state index in [1.54, 1.807) is 33.8 Å². The number of carbonyl (C=O) groups is 2. The second-order valence-electron chi connectivity index (χ2n) is 6.56. The first-order chi connectivity index (χ1) is 11.1. The SMILES string of the molecule is CC(C)C(=O)O.Cc1ccc(C2(COC(=O)C(C)C)CO2)c(O)c1. The van der Waals surface area contributed by atoms with Gasteiger partial charge in [0.05, 0.1) is 18.4 Å². The lowest BCUT2D eigenvalue weighted by atomic mass is 9.98. The van der Waals surface area contributed by atoms with Crippen molar-refractivity contribution in [3.63, 3.8) is 0 Å². The van der Waals surface area contributed by atoms with Crippen LogP contribution in [0.4, 0.5) is 0 Å². The summed E-state index contributed by atoms with van der Waals surface area (Å²) in [5.41, 5.74) is 1.01. The van der Waals surface area contributed by atoms with Crippen LogP contribution in [0.1, 0.15) is 38.8 Å². The number of carboxylic acid groups (broad SMARTS) is 1. The molecular formula is C18H26O6. The van der Waals surface area contributed by atoms with Crippen LogP contribution in [0.15, 0.2) is 18.2 Å². The number of epoxide rings is 1. The van der Waals surface area contributed by atoms with Gasteiger partial charge in [-0.3, -0.25) is 9.59 Å². The van der Waals surface area contributed by atoms with Crippen molar-refractivity contribution in [1.29, 1.82) is 0 Å². The molecule has 0 aromatic heterocycles. The summed E-state index contributed by atoms with van der Waals surface area (Å²) in [4.78, 5) is 21.1. The van der Waals surface area contributed by atoms with Crippen LogP contribution in [0.2, 0.25) is 0 Å². The Kier molecular flexibility index (Phi) is 6.78. The maximum atomic E-state index is 11.4. The zero-order valence-corrected chi connectivity index (χ0v) is 14.8. The molecule has 6 nitrogen and oxygen atoms in total. The minimum absolute atomic E-state index is 0.153. The van der Waals surface area contributed by atoms with Crippen molar-refractivity contribution in [2.24, 2.45) is 11.8 Å². The molecule has 0 aliphatic carbocycles. The van der Waals surface area contributed by atoms with Gasteiger partial charge in [0.15, 0.2) is 5.60 Å². The van der Waals surface area contributed by atoms with Crippen LogP contribution >= 0.6 is 0 Å². The lowest BCUT2D eigenvalue weighted by molar-refractivity contribution is -0.149. The molecule has 134 valence electrons. The first kappa shape index (κ1) is 20.0. The van der Waals surface area contributed by atoms with Gasteiger partial charge in [-0.1, -0.05) is 39.8 Å². The molecule has 1 aliphatic heterocycles. The fraction of sp³-hybridized carbons (Fsp3) is 0.556. The van der Waals surface area contributed by atoms with Gasteiger partial charge in [-0.2, -0.15) is 0 Å². The highest BCUT2D eigenvalue weighted by Crippen LogP contribution is 2.43. The summed E-state index contributed by atoms with van der Waals surface area (Å²) in [5.74, 6) is -1.20. The molecule has 0 bridgehead atoms. The molecule has 0 spiro atoms. The summed E-state index contributed by atoms with van der Waals surface area (Å²) >= 11 is 0. The third kappa shape index (κ3) is 5.53. The predicted octanol–water partition coefficient (Wildman–Crippen LogP) is 2.85. The van der Waals surface area contributed by atoms with E-state index >= 15 is 0 Å². The Bertz CT molecular complexity index is 587. The third-order valence-corrected chi connectivity index (χ3v) is 3.55. The fourth-order valence-electron chi connectivity index (χ4n) is 1.79. The number of phenolic OH excluding ortho intramolecular Hbond substituents is 1. The molecule has 1 aromatic rings. The van der Waals surface area contributed by atoms with Gasteiger partial charge < -0.3 is 19.7 Å². The average molecular weight is 338 g/mol. The Labute approximate surface area is 142 Å². The maximum Gasteiger partial charge on any atom is 0.308 e. The summed E-state index contributed by atoms with van der Waals surface area (Å²) in [6.07, 6.45) is 0. The molecule has 1 atom stereocenters. The number of rotatable bonds is 5. The Morgan fingerprint density at radius 1 is 1.25 bits per heavy atom. The fourth-order valence-corrected chi connectivity index (χ4v) is 1.79. The van der Waals surface area contributed by atoms with Gasteiger partial charge in [0, 0.05) is 5.56 Å². The van der Waals surface area contributed by atoms with Gasteiger partial charge in [0.2, 0.25) is 0 Å². The zero-order valence-electron chi connectivity index (χ0n) is 14.8. The quantitative estimate of drug-likeness (QED) is 0.633. The van der Waals surface area contributed by atoms with Gasteiger partial charge in [0.25, 0.3) is 0 Å². The Morgan fingerprint density at radius 3 is 2.17 bits per heavy atom. The molecule has 1 saturated heterocycles. The molecule has 0 saturated carbocycles. The minimum Gasteiger partial charge on any atom is -0.508 e. The predicted molar refractivity (Wildman–Crippen MR) is 88.7 cm³/mol. The topological polar surface area (TPSA) is 96.4 Å². The van der Waals surface area contributed by atoms with Gasteiger partial charge in [-0.05, 0) is 18.6 Å². The van der Waals surface area contributed by atoms with Crippen LogP contribution in [-0.4, -0.2) is 35.4 Å². The van der Waals surface area contributed by atoms with E-state index in [2.05, 4.69) is 0 Å². The van der Waals surface area contributed by atoms with Gasteiger partial charge in [-0.15, -0.1) is 0 Å². The number of carboxylic acids is 1. The third-order valence-electron chi connectivity index (χ3n) is 3.55. The molecular weight excluding hydrogens is 312 g/mol. The highest BCUT2D eigenvalue weighted by molar-refractivity contribution is 5.71. The van der Waals surface area contributed by atoms with E-state index in [4.69, 9.17) is 14.6 Å². The van der Waals surface area contributed by atoms with Crippen LogP contribution in [0.3, 0.4) is 0 Å². The molecule has 1 aliphatic rings. The van der Waals surface area contributed by atoms with E-state index in [0.29, 0.717) is 12.2 Å². The molecule has 24 heavy (non-hydrogen) atoms. The second kappa shape index (κ2) is 8.15. The van der Waals surface area contributed by atoms with Gasteiger partial charge in [-0.25, -0.2) is 0 Å². The Morgan fingerprint density at radius 2 is 1.79 bits per heavy atom. The number of hydrogen-bond donors (Lipinski definition) is 2. The first-order valence-corrected chi connectivity index (χ1v) is 7.92. The van der Waals surface area contributed by atoms with E-state index in [9.17, 15) is 14.7 Å². The highest BCUT2D eigenvalue weighted by atomic mass is 16.6. The number of hydrogen-bond acceptors (Lipinski definition) is 5. The molecule has 1 aromatic carbocycles. The average Bonchev–Trinajstić information content (AvgIpc) is 3.26. The van der Waals surface area contributed by atoms with Crippen molar-refractivity contribution in [2.45, 2.75) is 40.2 Å². The van der Waals surface area contributed by atoms with Crippen molar-refractivity contribution in [2.75, 3.05) is 13.2 Å². The number of ether oxygens (including phenoxy) is 2. The molecule has 1 fully saturated rings. The van der Waals surface area contributed by atoms with Crippen LogP contribution in [0.25, 0.3) is 0 Å². The van der Waals surface area contributed by atoms with E-state index in [0.717, 1.165) is 5.56 Å². The number of aromatic hydroxyl groups is 1. The molecule has 0 amide bonds. The summed E-state index contributed by atoms with van der Waals surface area (Å²) in [6.45, 7) is 9.38. The summed E-state index contributed by atoms with van der Waals surface area (Å²) < 4.78 is 10.6. The smallest absolute Gasteiger partial charge is 0.308 e. The number of esters is 1. The molecule has 0 radical (unpaired) electrons. The number of benzene rings is 1. The number of phenols is 1. The second-order valence-corrected chi connectivity index (χ2v) is 6.56. The van der Waals surface area contributed by atoms with Crippen LogP contribution < -0.4 is 0 Å². The van der Waals surface area contributed by atoms with Gasteiger partial charge in [0.1, 0.15) is 12.4 Å². The molecule has 1 unspecified atom stereocenters. The van der Waals surface area contributed by atoms with E-state index < -0.39 is 11.6 Å². The van der Waals surface area contributed by atoms with Crippen molar-refractivity contribution in [3.05, 3.63) is 29.3 Å². The number of aryl methyl sites for hydroxylation is 1. The lowest BCUT2D eigenvalue weighted by Gasteiger charge is -2.15. The molecule has 2 N–H and O–H groups in total. The normalized spacial score (nSPS) is 18.8. The van der Waals surface area contributed by atoms with E-state index in [1.165, 1.54) is 0 Å². The van der Waals surface area contributed by atoms with Crippen LogP contribution in [0.5, 0.6) is 5.75 Å². The van der Waals surface area contributed by atoms with Gasteiger partial charge >= 0.3 is 11.9 Å². The largest absolute Gasteiger partial charge is 0.508 e. The zero-order chi connectivity index (χ0) is 18.5. The summed E-state index contributed by atoms with van der Waals surface area (Å²) in [7, 11) is 0. The summed E-state index contributed by atoms with van der Waals surface area (Å²) in [6, 6.07) is 5.41. The van der Waals surface area contributed by atoms with Crippen LogP contribution in [-0.2, 0) is 24.7 Å². The molecule has 2 rings (SSSR count). The Hall–Kier alpha value is -2.08.